The lowest BCUT2D eigenvalue weighted by molar-refractivity contribution is -0.141. The third-order valence-corrected chi connectivity index (χ3v) is 2.94. The molecule has 0 heterocycles. The summed E-state index contributed by atoms with van der Waals surface area (Å²) in [5.41, 5.74) is 0. The largest absolute Gasteiger partial charge is 0.481 e. The zero-order chi connectivity index (χ0) is 12.0. The minimum absolute atomic E-state index is 0.0574. The van der Waals surface area contributed by atoms with Crippen molar-refractivity contribution in [1.82, 2.24) is 5.32 Å². The Morgan fingerprint density at radius 2 is 2.25 bits per heavy atom. The fourth-order valence-electron chi connectivity index (χ4n) is 1.71. The number of carboxylic acid groups (broad SMARTS) is 1. The van der Waals surface area contributed by atoms with Crippen molar-refractivity contribution in [3.05, 3.63) is 12.2 Å². The molecule has 1 aliphatic rings. The molecule has 0 saturated heterocycles. The van der Waals surface area contributed by atoms with Crippen molar-refractivity contribution in [2.45, 2.75) is 32.6 Å². The van der Waals surface area contributed by atoms with Crippen molar-refractivity contribution in [2.75, 3.05) is 6.54 Å². The molecule has 0 fully saturated rings. The van der Waals surface area contributed by atoms with Gasteiger partial charge in [-0.3, -0.25) is 9.59 Å². The molecular weight excluding hydrogens is 206 g/mol. The Morgan fingerprint density at radius 1 is 1.50 bits per heavy atom. The molecule has 1 rings (SSSR count). The topological polar surface area (TPSA) is 66.4 Å². The van der Waals surface area contributed by atoms with Gasteiger partial charge in [0.1, 0.15) is 0 Å². The highest BCUT2D eigenvalue weighted by atomic mass is 16.4. The van der Waals surface area contributed by atoms with Gasteiger partial charge in [-0.1, -0.05) is 19.1 Å². The van der Waals surface area contributed by atoms with Crippen LogP contribution in [0, 0.1) is 11.8 Å². The molecule has 0 radical (unpaired) electrons. The Bertz CT molecular complexity index is 286. The van der Waals surface area contributed by atoms with Crippen LogP contribution in [0.3, 0.4) is 0 Å². The number of aliphatic carboxylic acids is 1. The molecule has 0 aromatic rings. The van der Waals surface area contributed by atoms with Gasteiger partial charge in [-0.15, -0.1) is 0 Å². The standard InChI is InChI=1S/C12H19NO3/c1-9(12(15)16)7-8-13-11(14)10-5-3-2-4-6-10/h2-3,9-10H,4-8H2,1H3,(H,13,14)(H,15,16). The molecule has 0 spiro atoms. The van der Waals surface area contributed by atoms with E-state index in [9.17, 15) is 9.59 Å². The van der Waals surface area contributed by atoms with Crippen LogP contribution in [0.5, 0.6) is 0 Å². The van der Waals surface area contributed by atoms with Crippen LogP contribution < -0.4 is 5.32 Å². The molecule has 16 heavy (non-hydrogen) atoms. The molecule has 4 heteroatoms. The fraction of sp³-hybridized carbons (Fsp3) is 0.667. The Balaban J connectivity index is 2.19. The predicted molar refractivity (Wildman–Crippen MR) is 60.9 cm³/mol. The van der Waals surface area contributed by atoms with E-state index >= 15 is 0 Å². The lowest BCUT2D eigenvalue weighted by atomic mass is 9.93. The zero-order valence-electron chi connectivity index (χ0n) is 9.61. The van der Waals surface area contributed by atoms with Crippen LogP contribution in [0.1, 0.15) is 32.6 Å². The zero-order valence-corrected chi connectivity index (χ0v) is 9.61. The quantitative estimate of drug-likeness (QED) is 0.698. The maximum Gasteiger partial charge on any atom is 0.306 e. The van der Waals surface area contributed by atoms with Crippen LogP contribution in [-0.2, 0) is 9.59 Å². The van der Waals surface area contributed by atoms with E-state index in [1.807, 2.05) is 6.08 Å². The minimum Gasteiger partial charge on any atom is -0.481 e. The second kappa shape index (κ2) is 6.30. The van der Waals surface area contributed by atoms with E-state index in [0.717, 1.165) is 19.3 Å². The van der Waals surface area contributed by atoms with E-state index in [-0.39, 0.29) is 11.8 Å². The predicted octanol–water partition coefficient (Wildman–Crippen LogP) is 1.57. The van der Waals surface area contributed by atoms with Crippen LogP contribution in [0.15, 0.2) is 12.2 Å². The van der Waals surface area contributed by atoms with E-state index in [4.69, 9.17) is 5.11 Å². The maximum atomic E-state index is 11.7. The number of rotatable bonds is 5. The summed E-state index contributed by atoms with van der Waals surface area (Å²) in [6.07, 6.45) is 7.29. The Labute approximate surface area is 95.7 Å². The number of hydrogen-bond donors (Lipinski definition) is 2. The molecule has 0 aliphatic heterocycles. The number of carboxylic acids is 1. The fourth-order valence-corrected chi connectivity index (χ4v) is 1.71. The molecule has 0 aromatic heterocycles. The molecule has 2 atom stereocenters. The molecule has 1 aliphatic carbocycles. The average molecular weight is 225 g/mol. The van der Waals surface area contributed by atoms with E-state index in [2.05, 4.69) is 11.4 Å². The van der Waals surface area contributed by atoms with Gasteiger partial charge in [0.05, 0.1) is 5.92 Å². The van der Waals surface area contributed by atoms with Crippen LogP contribution in [0.4, 0.5) is 0 Å². The molecule has 0 saturated carbocycles. The summed E-state index contributed by atoms with van der Waals surface area (Å²) in [5.74, 6) is -1.08. The van der Waals surface area contributed by atoms with Gasteiger partial charge < -0.3 is 10.4 Å². The number of carbonyl (C=O) groups is 2. The lowest BCUT2D eigenvalue weighted by Crippen LogP contribution is -2.33. The van der Waals surface area contributed by atoms with Gasteiger partial charge in [-0.25, -0.2) is 0 Å². The van der Waals surface area contributed by atoms with Crippen molar-refractivity contribution >= 4 is 11.9 Å². The third kappa shape index (κ3) is 4.04. The molecule has 90 valence electrons. The molecule has 4 nitrogen and oxygen atoms in total. The highest BCUT2D eigenvalue weighted by molar-refractivity contribution is 5.79. The van der Waals surface area contributed by atoms with Crippen molar-refractivity contribution in [3.8, 4) is 0 Å². The van der Waals surface area contributed by atoms with Crippen molar-refractivity contribution in [1.29, 1.82) is 0 Å². The Morgan fingerprint density at radius 3 is 2.81 bits per heavy atom. The summed E-state index contributed by atoms with van der Waals surface area (Å²) >= 11 is 0. The molecular formula is C12H19NO3. The number of carbonyl (C=O) groups excluding carboxylic acids is 1. The second-order valence-electron chi connectivity index (χ2n) is 4.30. The average Bonchev–Trinajstić information content (AvgIpc) is 2.29. The van der Waals surface area contributed by atoms with E-state index < -0.39 is 11.9 Å². The van der Waals surface area contributed by atoms with Gasteiger partial charge in [0.25, 0.3) is 0 Å². The van der Waals surface area contributed by atoms with Gasteiger partial charge in [0, 0.05) is 12.5 Å². The van der Waals surface area contributed by atoms with Crippen LogP contribution >= 0.6 is 0 Å². The van der Waals surface area contributed by atoms with E-state index in [0.29, 0.717) is 13.0 Å². The van der Waals surface area contributed by atoms with Gasteiger partial charge in [0.15, 0.2) is 0 Å². The van der Waals surface area contributed by atoms with Gasteiger partial charge >= 0.3 is 5.97 Å². The first-order valence-corrected chi connectivity index (χ1v) is 5.76. The Kier molecular flexibility index (Phi) is 5.02. The number of amides is 1. The van der Waals surface area contributed by atoms with Crippen molar-refractivity contribution < 1.29 is 14.7 Å². The summed E-state index contributed by atoms with van der Waals surface area (Å²) in [6.45, 7) is 2.10. The second-order valence-corrected chi connectivity index (χ2v) is 4.30. The summed E-state index contributed by atoms with van der Waals surface area (Å²) in [5, 5.41) is 11.5. The first-order valence-electron chi connectivity index (χ1n) is 5.76. The normalized spacial score (nSPS) is 21.4. The first-order chi connectivity index (χ1) is 7.61. The Hall–Kier alpha value is -1.32. The van der Waals surface area contributed by atoms with Crippen molar-refractivity contribution in [3.63, 3.8) is 0 Å². The van der Waals surface area contributed by atoms with E-state index in [1.54, 1.807) is 6.92 Å². The van der Waals surface area contributed by atoms with E-state index in [1.165, 1.54) is 0 Å². The molecule has 2 unspecified atom stereocenters. The van der Waals surface area contributed by atoms with Gasteiger partial charge in [-0.2, -0.15) is 0 Å². The van der Waals surface area contributed by atoms with Gasteiger partial charge in [-0.05, 0) is 25.7 Å². The summed E-state index contributed by atoms with van der Waals surface area (Å²) < 4.78 is 0. The highest BCUT2D eigenvalue weighted by Crippen LogP contribution is 2.17. The van der Waals surface area contributed by atoms with Gasteiger partial charge in [0.2, 0.25) is 5.91 Å². The monoisotopic (exact) mass is 225 g/mol. The van der Waals surface area contributed by atoms with Crippen LogP contribution in [0.2, 0.25) is 0 Å². The first kappa shape index (κ1) is 12.7. The van der Waals surface area contributed by atoms with Crippen LogP contribution in [0.25, 0.3) is 0 Å². The third-order valence-electron chi connectivity index (χ3n) is 2.94. The maximum absolute atomic E-state index is 11.7. The summed E-state index contributed by atoms with van der Waals surface area (Å²) in [6, 6.07) is 0. The lowest BCUT2D eigenvalue weighted by Gasteiger charge is -2.17. The highest BCUT2D eigenvalue weighted by Gasteiger charge is 2.18. The SMILES string of the molecule is CC(CCNC(=O)C1CC=CCC1)C(=O)O. The minimum atomic E-state index is -0.810. The molecule has 2 N–H and O–H groups in total. The van der Waals surface area contributed by atoms with Crippen LogP contribution in [-0.4, -0.2) is 23.5 Å². The summed E-state index contributed by atoms with van der Waals surface area (Å²) in [4.78, 5) is 22.2. The number of allylic oxidation sites excluding steroid dienone is 2. The summed E-state index contributed by atoms with van der Waals surface area (Å²) in [7, 11) is 0. The van der Waals surface area contributed by atoms with Crippen molar-refractivity contribution in [2.24, 2.45) is 11.8 Å². The molecule has 0 aromatic carbocycles. The number of hydrogen-bond acceptors (Lipinski definition) is 2. The molecule has 0 bridgehead atoms. The molecule has 1 amide bonds. The smallest absolute Gasteiger partial charge is 0.306 e. The number of nitrogens with one attached hydrogen (secondary N) is 1.